The molecule has 0 aromatic heterocycles. The zero-order chi connectivity index (χ0) is 9.30. The summed E-state index contributed by atoms with van der Waals surface area (Å²) in [5.41, 5.74) is -0.201. The number of benzene rings is 1. The Balaban J connectivity index is 3.37. The number of aromatic carboxylic acids is 1. The number of hydrogen-bond acceptors (Lipinski definition) is 3. The molecule has 1 aromatic rings. The van der Waals surface area contributed by atoms with Gasteiger partial charge in [0.05, 0.1) is 5.56 Å². The van der Waals surface area contributed by atoms with Gasteiger partial charge in [0.15, 0.2) is 0 Å². The van der Waals surface area contributed by atoms with Crippen LogP contribution in [0.25, 0.3) is 0 Å². The highest BCUT2D eigenvalue weighted by atomic mass is 16.4. The largest absolute Gasteiger partial charge is 0.508 e. The highest BCUT2D eigenvalue weighted by molar-refractivity contribution is 5.91. The van der Waals surface area contributed by atoms with Crippen LogP contribution in [-0.2, 0) is 0 Å². The molecular formula is C8H7O4. The summed E-state index contributed by atoms with van der Waals surface area (Å²) in [5, 5.41) is 26.5. The predicted octanol–water partition coefficient (Wildman–Crippen LogP) is 0.978. The standard InChI is InChI=1S/C8H7O4/c1-4-6(8(11)12)2-5(9)3-7(4)10/h2-3,9-10H,1H2,(H,11,12). The van der Waals surface area contributed by atoms with Crippen molar-refractivity contribution in [2.45, 2.75) is 0 Å². The molecule has 1 aromatic carbocycles. The highest BCUT2D eigenvalue weighted by Gasteiger charge is 2.11. The lowest BCUT2D eigenvalue weighted by molar-refractivity contribution is 0.0695. The molecule has 0 fully saturated rings. The maximum atomic E-state index is 10.5. The summed E-state index contributed by atoms with van der Waals surface area (Å²) in [6.07, 6.45) is 0. The molecule has 0 atom stereocenters. The van der Waals surface area contributed by atoms with E-state index < -0.39 is 5.97 Å². The van der Waals surface area contributed by atoms with E-state index in [1.807, 2.05) is 0 Å². The Hall–Kier alpha value is -1.71. The molecule has 63 valence electrons. The van der Waals surface area contributed by atoms with Gasteiger partial charge >= 0.3 is 5.97 Å². The summed E-state index contributed by atoms with van der Waals surface area (Å²) in [6, 6.07) is 2.07. The van der Waals surface area contributed by atoms with E-state index in [1.54, 1.807) is 0 Å². The fraction of sp³-hybridized carbons (Fsp3) is 0. The van der Waals surface area contributed by atoms with E-state index in [1.165, 1.54) is 0 Å². The lowest BCUT2D eigenvalue weighted by Crippen LogP contribution is -1.99. The number of carboxylic acids is 1. The molecule has 3 N–H and O–H groups in total. The molecular weight excluding hydrogens is 160 g/mol. The van der Waals surface area contributed by atoms with Gasteiger partial charge in [0.2, 0.25) is 0 Å². The van der Waals surface area contributed by atoms with E-state index in [4.69, 9.17) is 15.3 Å². The van der Waals surface area contributed by atoms with Crippen molar-refractivity contribution in [2.75, 3.05) is 0 Å². The van der Waals surface area contributed by atoms with Gasteiger partial charge < -0.3 is 15.3 Å². The Morgan fingerprint density at radius 2 is 1.92 bits per heavy atom. The van der Waals surface area contributed by atoms with Crippen LogP contribution in [0.4, 0.5) is 0 Å². The molecule has 0 aliphatic heterocycles. The molecule has 1 radical (unpaired) electrons. The third-order valence-electron chi connectivity index (χ3n) is 1.44. The van der Waals surface area contributed by atoms with E-state index in [-0.39, 0.29) is 22.6 Å². The first-order chi connectivity index (χ1) is 5.52. The van der Waals surface area contributed by atoms with E-state index >= 15 is 0 Å². The van der Waals surface area contributed by atoms with Crippen LogP contribution in [0.2, 0.25) is 0 Å². The zero-order valence-electron chi connectivity index (χ0n) is 6.11. The minimum Gasteiger partial charge on any atom is -0.508 e. The first-order valence-corrected chi connectivity index (χ1v) is 3.13. The second kappa shape index (κ2) is 2.73. The Morgan fingerprint density at radius 3 is 2.42 bits per heavy atom. The summed E-state index contributed by atoms with van der Waals surface area (Å²) in [4.78, 5) is 10.5. The van der Waals surface area contributed by atoms with Crippen LogP contribution in [-0.4, -0.2) is 21.3 Å². The van der Waals surface area contributed by atoms with Crippen molar-refractivity contribution in [3.63, 3.8) is 0 Å². The van der Waals surface area contributed by atoms with Crippen molar-refractivity contribution in [1.82, 2.24) is 0 Å². The Bertz CT molecular complexity index is 330. The number of phenolic OH excluding ortho intramolecular Hbond substituents is 2. The Morgan fingerprint density at radius 1 is 1.33 bits per heavy atom. The summed E-state index contributed by atoms with van der Waals surface area (Å²) in [6.45, 7) is 3.34. The van der Waals surface area contributed by atoms with Crippen LogP contribution < -0.4 is 0 Å². The van der Waals surface area contributed by atoms with Gasteiger partial charge in [-0.1, -0.05) is 0 Å². The second-order valence-corrected chi connectivity index (χ2v) is 2.30. The molecule has 4 heteroatoms. The van der Waals surface area contributed by atoms with Crippen molar-refractivity contribution in [1.29, 1.82) is 0 Å². The lowest BCUT2D eigenvalue weighted by atomic mass is 10.1. The molecule has 0 aliphatic carbocycles. The van der Waals surface area contributed by atoms with Crippen LogP contribution in [0.15, 0.2) is 12.1 Å². The summed E-state index contributed by atoms with van der Waals surface area (Å²) in [5.74, 6) is -1.85. The van der Waals surface area contributed by atoms with Crippen LogP contribution in [0, 0.1) is 6.92 Å². The predicted molar refractivity (Wildman–Crippen MR) is 41.2 cm³/mol. The highest BCUT2D eigenvalue weighted by Crippen LogP contribution is 2.25. The van der Waals surface area contributed by atoms with Gasteiger partial charge in [0.1, 0.15) is 11.5 Å². The van der Waals surface area contributed by atoms with Crippen molar-refractivity contribution >= 4 is 5.97 Å². The van der Waals surface area contributed by atoms with Crippen molar-refractivity contribution in [3.05, 3.63) is 30.2 Å². The molecule has 0 heterocycles. The van der Waals surface area contributed by atoms with Crippen molar-refractivity contribution in [2.24, 2.45) is 0 Å². The summed E-state index contributed by atoms with van der Waals surface area (Å²) in [7, 11) is 0. The molecule has 0 spiro atoms. The maximum Gasteiger partial charge on any atom is 0.336 e. The summed E-state index contributed by atoms with van der Waals surface area (Å²) < 4.78 is 0. The number of phenols is 2. The van der Waals surface area contributed by atoms with Crippen molar-refractivity contribution in [3.8, 4) is 11.5 Å². The average molecular weight is 167 g/mol. The molecule has 0 saturated carbocycles. The zero-order valence-corrected chi connectivity index (χ0v) is 6.11. The van der Waals surface area contributed by atoms with Gasteiger partial charge in [-0.05, 0) is 13.0 Å². The van der Waals surface area contributed by atoms with Crippen LogP contribution in [0.5, 0.6) is 11.5 Å². The maximum absolute atomic E-state index is 10.5. The van der Waals surface area contributed by atoms with E-state index in [0.717, 1.165) is 12.1 Å². The van der Waals surface area contributed by atoms with Crippen LogP contribution in [0.3, 0.4) is 0 Å². The van der Waals surface area contributed by atoms with E-state index in [2.05, 4.69) is 6.92 Å². The van der Waals surface area contributed by atoms with E-state index in [9.17, 15) is 4.79 Å². The number of aromatic hydroxyl groups is 2. The first-order valence-electron chi connectivity index (χ1n) is 3.13. The van der Waals surface area contributed by atoms with Gasteiger partial charge in [0.25, 0.3) is 0 Å². The van der Waals surface area contributed by atoms with Crippen LogP contribution in [0.1, 0.15) is 15.9 Å². The first kappa shape index (κ1) is 8.39. The molecule has 12 heavy (non-hydrogen) atoms. The number of carbonyl (C=O) groups is 1. The third kappa shape index (κ3) is 1.32. The quantitative estimate of drug-likeness (QED) is 0.582. The molecule has 0 saturated heterocycles. The SMILES string of the molecule is [CH2]c1c(O)cc(O)cc1C(=O)O. The Labute approximate surface area is 68.7 Å². The minimum absolute atomic E-state index is 0.000278. The normalized spacial score (nSPS) is 9.75. The molecule has 0 unspecified atom stereocenters. The van der Waals surface area contributed by atoms with E-state index in [0.29, 0.717) is 0 Å². The number of rotatable bonds is 1. The topological polar surface area (TPSA) is 77.8 Å². The summed E-state index contributed by atoms with van der Waals surface area (Å²) >= 11 is 0. The average Bonchev–Trinajstić information content (AvgIpc) is 1.96. The van der Waals surface area contributed by atoms with Gasteiger partial charge in [-0.15, -0.1) is 0 Å². The van der Waals surface area contributed by atoms with Crippen molar-refractivity contribution < 1.29 is 20.1 Å². The van der Waals surface area contributed by atoms with Gasteiger partial charge in [-0.25, -0.2) is 4.79 Å². The van der Waals surface area contributed by atoms with Gasteiger partial charge in [-0.2, -0.15) is 0 Å². The monoisotopic (exact) mass is 167 g/mol. The van der Waals surface area contributed by atoms with Gasteiger partial charge in [0, 0.05) is 11.6 Å². The van der Waals surface area contributed by atoms with Crippen LogP contribution >= 0.6 is 0 Å². The fourth-order valence-corrected chi connectivity index (χ4v) is 0.833. The van der Waals surface area contributed by atoms with Gasteiger partial charge in [-0.3, -0.25) is 0 Å². The molecule has 1 rings (SSSR count). The molecule has 4 nitrogen and oxygen atoms in total. The smallest absolute Gasteiger partial charge is 0.336 e. The second-order valence-electron chi connectivity index (χ2n) is 2.30. The molecule has 0 bridgehead atoms. The number of hydrogen-bond donors (Lipinski definition) is 3. The number of carboxylic acid groups (broad SMARTS) is 1. The lowest BCUT2D eigenvalue weighted by Gasteiger charge is -2.03. The molecule has 0 aliphatic rings. The fourth-order valence-electron chi connectivity index (χ4n) is 0.833. The minimum atomic E-state index is -1.23. The third-order valence-corrected chi connectivity index (χ3v) is 1.44. The Kier molecular flexibility index (Phi) is 1.91. The molecule has 0 amide bonds.